The maximum Gasteiger partial charge on any atom is 0.251 e. The fourth-order valence-corrected chi connectivity index (χ4v) is 3.21. The van der Waals surface area contributed by atoms with E-state index in [2.05, 4.69) is 44.7 Å². The van der Waals surface area contributed by atoms with Gasteiger partial charge in [0.1, 0.15) is 0 Å². The smallest absolute Gasteiger partial charge is 0.251 e. The molecule has 1 aliphatic heterocycles. The van der Waals surface area contributed by atoms with Crippen LogP contribution in [0.15, 0.2) is 54.6 Å². The largest absolute Gasteiger partial charge is 0.369 e. The molecule has 0 bridgehead atoms. The van der Waals surface area contributed by atoms with Gasteiger partial charge in [-0.3, -0.25) is 14.5 Å². The van der Waals surface area contributed by atoms with Crippen LogP contribution in [0, 0.1) is 0 Å². The van der Waals surface area contributed by atoms with Crippen LogP contribution in [0.4, 0.5) is 11.4 Å². The third-order valence-electron chi connectivity index (χ3n) is 4.67. The zero-order valence-electron chi connectivity index (χ0n) is 15.6. The molecule has 27 heavy (non-hydrogen) atoms. The van der Waals surface area contributed by atoms with Gasteiger partial charge < -0.3 is 15.5 Å². The van der Waals surface area contributed by atoms with Crippen molar-refractivity contribution in [3.8, 4) is 0 Å². The second kappa shape index (κ2) is 9.19. The van der Waals surface area contributed by atoms with E-state index in [1.807, 2.05) is 6.07 Å². The lowest BCUT2D eigenvalue weighted by molar-refractivity contribution is -0.114. The highest BCUT2D eigenvalue weighted by Gasteiger charge is 2.16. The third-order valence-corrected chi connectivity index (χ3v) is 4.67. The van der Waals surface area contributed by atoms with E-state index >= 15 is 0 Å². The molecule has 2 amide bonds. The van der Waals surface area contributed by atoms with Crippen LogP contribution in [0.1, 0.15) is 17.3 Å². The summed E-state index contributed by atoms with van der Waals surface area (Å²) in [6, 6.07) is 17.4. The van der Waals surface area contributed by atoms with Gasteiger partial charge in [0.15, 0.2) is 0 Å². The topological polar surface area (TPSA) is 64.7 Å². The number of anilines is 2. The Balaban J connectivity index is 1.39. The predicted octanol–water partition coefficient (Wildman–Crippen LogP) is 2.20. The summed E-state index contributed by atoms with van der Waals surface area (Å²) in [5, 5.41) is 5.66. The molecule has 1 aliphatic rings. The van der Waals surface area contributed by atoms with E-state index in [4.69, 9.17) is 0 Å². The van der Waals surface area contributed by atoms with E-state index in [-0.39, 0.29) is 11.8 Å². The molecule has 2 N–H and O–H groups in total. The maximum absolute atomic E-state index is 12.2. The first-order valence-corrected chi connectivity index (χ1v) is 9.30. The summed E-state index contributed by atoms with van der Waals surface area (Å²) in [4.78, 5) is 28.0. The summed E-state index contributed by atoms with van der Waals surface area (Å²) in [5.74, 6) is -0.216. The zero-order chi connectivity index (χ0) is 19.1. The number of hydrogen-bond acceptors (Lipinski definition) is 4. The molecule has 3 rings (SSSR count). The van der Waals surface area contributed by atoms with Crippen molar-refractivity contribution in [1.82, 2.24) is 10.2 Å². The van der Waals surface area contributed by atoms with Crippen LogP contribution in [-0.4, -0.2) is 56.0 Å². The molecule has 1 heterocycles. The number of piperazine rings is 1. The lowest BCUT2D eigenvalue weighted by atomic mass is 10.2. The Morgan fingerprint density at radius 2 is 1.59 bits per heavy atom. The number of rotatable bonds is 6. The molecule has 1 fully saturated rings. The van der Waals surface area contributed by atoms with Gasteiger partial charge in [-0.05, 0) is 36.4 Å². The second-order valence-corrected chi connectivity index (χ2v) is 6.68. The van der Waals surface area contributed by atoms with E-state index in [0.717, 1.165) is 32.7 Å². The van der Waals surface area contributed by atoms with E-state index < -0.39 is 0 Å². The second-order valence-electron chi connectivity index (χ2n) is 6.68. The molecule has 0 aromatic heterocycles. The fraction of sp³-hybridized carbons (Fsp3) is 0.333. The lowest BCUT2D eigenvalue weighted by Crippen LogP contribution is -2.48. The summed E-state index contributed by atoms with van der Waals surface area (Å²) in [5.41, 5.74) is 2.56. The molecule has 0 unspecified atom stereocenters. The van der Waals surface area contributed by atoms with Crippen molar-refractivity contribution in [2.75, 3.05) is 49.5 Å². The minimum atomic E-state index is -0.125. The molecular weight excluding hydrogens is 340 g/mol. The molecule has 6 nitrogen and oxygen atoms in total. The van der Waals surface area contributed by atoms with Gasteiger partial charge in [0, 0.05) is 63.1 Å². The first-order chi connectivity index (χ1) is 13.1. The Bertz CT molecular complexity index is 754. The first kappa shape index (κ1) is 18.9. The van der Waals surface area contributed by atoms with Crippen molar-refractivity contribution in [3.63, 3.8) is 0 Å². The molecule has 0 spiro atoms. The number of carbonyl (C=O) groups is 2. The Morgan fingerprint density at radius 1 is 0.926 bits per heavy atom. The van der Waals surface area contributed by atoms with Crippen molar-refractivity contribution in [1.29, 1.82) is 0 Å². The minimum absolute atomic E-state index is 0.0905. The minimum Gasteiger partial charge on any atom is -0.369 e. The van der Waals surface area contributed by atoms with Gasteiger partial charge in [-0.25, -0.2) is 0 Å². The predicted molar refractivity (Wildman–Crippen MR) is 108 cm³/mol. The van der Waals surface area contributed by atoms with E-state index in [0.29, 0.717) is 17.8 Å². The summed E-state index contributed by atoms with van der Waals surface area (Å²) >= 11 is 0. The van der Waals surface area contributed by atoms with Gasteiger partial charge in [0.2, 0.25) is 5.91 Å². The van der Waals surface area contributed by atoms with Gasteiger partial charge in [-0.1, -0.05) is 18.2 Å². The maximum atomic E-state index is 12.2. The molecule has 6 heteroatoms. The number of nitrogens with one attached hydrogen (secondary N) is 2. The Labute approximate surface area is 160 Å². The lowest BCUT2D eigenvalue weighted by Gasteiger charge is -2.36. The van der Waals surface area contributed by atoms with Crippen LogP contribution in [0.25, 0.3) is 0 Å². The highest BCUT2D eigenvalue weighted by Crippen LogP contribution is 2.15. The van der Waals surface area contributed by atoms with Crippen LogP contribution in [0.3, 0.4) is 0 Å². The highest BCUT2D eigenvalue weighted by molar-refractivity contribution is 5.95. The normalized spacial score (nSPS) is 14.6. The Morgan fingerprint density at radius 3 is 2.22 bits per heavy atom. The van der Waals surface area contributed by atoms with Crippen LogP contribution >= 0.6 is 0 Å². The molecular formula is C21H26N4O2. The number of benzene rings is 2. The summed E-state index contributed by atoms with van der Waals surface area (Å²) in [6.45, 7) is 6.92. The standard InChI is InChI=1S/C21H26N4O2/c1-17(26)23-19-9-7-18(8-10-19)21(27)22-11-12-24-13-15-25(16-14-24)20-5-3-2-4-6-20/h2-10H,11-16H2,1H3,(H,22,27)(H,23,26). The Hall–Kier alpha value is -2.86. The molecule has 1 saturated heterocycles. The average Bonchev–Trinajstić information content (AvgIpc) is 2.69. The van der Waals surface area contributed by atoms with Crippen LogP contribution in [0.5, 0.6) is 0 Å². The fourth-order valence-electron chi connectivity index (χ4n) is 3.21. The van der Waals surface area contributed by atoms with E-state index in [9.17, 15) is 9.59 Å². The number of hydrogen-bond donors (Lipinski definition) is 2. The molecule has 2 aromatic carbocycles. The molecule has 2 aromatic rings. The molecule has 0 atom stereocenters. The summed E-state index contributed by atoms with van der Waals surface area (Å²) in [6.07, 6.45) is 0. The van der Waals surface area contributed by atoms with Crippen molar-refractivity contribution >= 4 is 23.2 Å². The number of nitrogens with zero attached hydrogens (tertiary/aromatic N) is 2. The summed E-state index contributed by atoms with van der Waals surface area (Å²) < 4.78 is 0. The van der Waals surface area contributed by atoms with Crippen molar-refractivity contribution < 1.29 is 9.59 Å². The molecule has 0 radical (unpaired) electrons. The quantitative estimate of drug-likeness (QED) is 0.823. The van der Waals surface area contributed by atoms with Crippen molar-refractivity contribution in [2.45, 2.75) is 6.92 Å². The van der Waals surface area contributed by atoms with Crippen molar-refractivity contribution in [2.24, 2.45) is 0 Å². The zero-order valence-corrected chi connectivity index (χ0v) is 15.6. The van der Waals surface area contributed by atoms with E-state index in [1.165, 1.54) is 12.6 Å². The monoisotopic (exact) mass is 366 g/mol. The average molecular weight is 366 g/mol. The third kappa shape index (κ3) is 5.56. The van der Waals surface area contributed by atoms with Gasteiger partial charge >= 0.3 is 0 Å². The van der Waals surface area contributed by atoms with Gasteiger partial charge in [-0.15, -0.1) is 0 Å². The number of para-hydroxylation sites is 1. The van der Waals surface area contributed by atoms with Crippen LogP contribution in [0.2, 0.25) is 0 Å². The first-order valence-electron chi connectivity index (χ1n) is 9.30. The number of carbonyl (C=O) groups excluding carboxylic acids is 2. The molecule has 142 valence electrons. The van der Waals surface area contributed by atoms with E-state index in [1.54, 1.807) is 24.3 Å². The SMILES string of the molecule is CC(=O)Nc1ccc(C(=O)NCCN2CCN(c3ccccc3)CC2)cc1. The van der Waals surface area contributed by atoms with Gasteiger partial charge in [0.25, 0.3) is 5.91 Å². The molecule has 0 aliphatic carbocycles. The van der Waals surface area contributed by atoms with Gasteiger partial charge in [0.05, 0.1) is 0 Å². The highest BCUT2D eigenvalue weighted by atomic mass is 16.2. The summed E-state index contributed by atoms with van der Waals surface area (Å²) in [7, 11) is 0. The van der Waals surface area contributed by atoms with Crippen LogP contribution < -0.4 is 15.5 Å². The Kier molecular flexibility index (Phi) is 6.44. The number of amides is 2. The molecule has 0 saturated carbocycles. The van der Waals surface area contributed by atoms with Crippen LogP contribution in [-0.2, 0) is 4.79 Å². The van der Waals surface area contributed by atoms with Crippen molar-refractivity contribution in [3.05, 3.63) is 60.2 Å². The van der Waals surface area contributed by atoms with Gasteiger partial charge in [-0.2, -0.15) is 0 Å².